The van der Waals surface area contributed by atoms with Gasteiger partial charge in [0.15, 0.2) is 0 Å². The van der Waals surface area contributed by atoms with Crippen LogP contribution < -0.4 is 10.6 Å². The van der Waals surface area contributed by atoms with Crippen LogP contribution in [0.1, 0.15) is 12.8 Å². The van der Waals surface area contributed by atoms with Crippen LogP contribution in [0.5, 0.6) is 0 Å². The Balaban J connectivity index is 2.09. The second-order valence-corrected chi connectivity index (χ2v) is 5.67. The molecular formula is C14H22ClN3. The van der Waals surface area contributed by atoms with E-state index in [2.05, 4.69) is 30.0 Å². The van der Waals surface area contributed by atoms with E-state index in [1.807, 2.05) is 18.2 Å². The molecule has 0 unspecified atom stereocenters. The number of hydrogen-bond acceptors (Lipinski definition) is 3. The van der Waals surface area contributed by atoms with Crippen molar-refractivity contribution in [2.75, 3.05) is 38.6 Å². The molecule has 0 amide bonds. The third-order valence-electron chi connectivity index (χ3n) is 4.22. The predicted octanol–water partition coefficient (Wildman–Crippen LogP) is 2.20. The number of hydrogen-bond donors (Lipinski definition) is 1. The van der Waals surface area contributed by atoms with Crippen LogP contribution in [0.4, 0.5) is 5.69 Å². The number of rotatable bonds is 3. The minimum Gasteiger partial charge on any atom is -0.370 e. The van der Waals surface area contributed by atoms with Crippen LogP contribution in [0.3, 0.4) is 0 Å². The second kappa shape index (κ2) is 5.47. The number of para-hydroxylation sites is 1. The summed E-state index contributed by atoms with van der Waals surface area (Å²) >= 11 is 6.25. The zero-order valence-corrected chi connectivity index (χ0v) is 12.0. The maximum absolute atomic E-state index is 6.25. The van der Waals surface area contributed by atoms with Gasteiger partial charge in [-0.25, -0.2) is 0 Å². The Morgan fingerprint density at radius 3 is 2.39 bits per heavy atom. The summed E-state index contributed by atoms with van der Waals surface area (Å²) in [6.45, 7) is 2.74. The lowest BCUT2D eigenvalue weighted by molar-refractivity contribution is 0.125. The molecule has 0 bridgehead atoms. The van der Waals surface area contributed by atoms with Crippen LogP contribution >= 0.6 is 11.6 Å². The Morgan fingerprint density at radius 2 is 1.89 bits per heavy atom. The van der Waals surface area contributed by atoms with E-state index in [9.17, 15) is 0 Å². The number of benzene rings is 1. The lowest BCUT2D eigenvalue weighted by Gasteiger charge is -2.46. The molecule has 3 nitrogen and oxygen atoms in total. The first-order valence-corrected chi connectivity index (χ1v) is 6.84. The van der Waals surface area contributed by atoms with Crippen molar-refractivity contribution >= 4 is 17.3 Å². The molecule has 100 valence electrons. The van der Waals surface area contributed by atoms with Gasteiger partial charge < -0.3 is 15.5 Å². The highest BCUT2D eigenvalue weighted by Crippen LogP contribution is 2.32. The molecule has 2 rings (SSSR count). The van der Waals surface area contributed by atoms with E-state index < -0.39 is 0 Å². The van der Waals surface area contributed by atoms with Gasteiger partial charge in [-0.1, -0.05) is 23.7 Å². The fourth-order valence-corrected chi connectivity index (χ4v) is 2.96. The summed E-state index contributed by atoms with van der Waals surface area (Å²) in [5.74, 6) is 0. The van der Waals surface area contributed by atoms with Crippen molar-refractivity contribution in [3.8, 4) is 0 Å². The highest BCUT2D eigenvalue weighted by molar-refractivity contribution is 6.33. The van der Waals surface area contributed by atoms with Gasteiger partial charge in [-0.3, -0.25) is 0 Å². The Labute approximate surface area is 115 Å². The fraction of sp³-hybridized carbons (Fsp3) is 0.571. The molecule has 0 saturated carbocycles. The van der Waals surface area contributed by atoms with Crippen LogP contribution in [0.25, 0.3) is 0 Å². The highest BCUT2D eigenvalue weighted by Gasteiger charge is 2.35. The van der Waals surface area contributed by atoms with Crippen molar-refractivity contribution in [2.45, 2.75) is 18.4 Å². The average molecular weight is 268 g/mol. The maximum Gasteiger partial charge on any atom is 0.0639 e. The van der Waals surface area contributed by atoms with Crippen LogP contribution in [-0.4, -0.2) is 44.2 Å². The Bertz CT molecular complexity index is 398. The first-order chi connectivity index (χ1) is 8.59. The molecule has 2 N–H and O–H groups in total. The molecule has 1 fully saturated rings. The minimum absolute atomic E-state index is 0.151. The standard InChI is InChI=1S/C14H22ClN3/c1-17(2)14(11-16)7-9-18(10-8-14)13-6-4-3-5-12(13)15/h3-6H,7-11,16H2,1-2H3. The number of nitrogens with zero attached hydrogens (tertiary/aromatic N) is 2. The van der Waals surface area contributed by atoms with Crippen molar-refractivity contribution in [3.63, 3.8) is 0 Å². The largest absolute Gasteiger partial charge is 0.370 e. The first kappa shape index (κ1) is 13.7. The van der Waals surface area contributed by atoms with Crippen LogP contribution in [0, 0.1) is 0 Å². The van der Waals surface area contributed by atoms with Gasteiger partial charge in [-0.15, -0.1) is 0 Å². The summed E-state index contributed by atoms with van der Waals surface area (Å²) in [4.78, 5) is 4.64. The molecule has 1 aromatic carbocycles. The highest BCUT2D eigenvalue weighted by atomic mass is 35.5. The van der Waals surface area contributed by atoms with Crippen molar-refractivity contribution in [3.05, 3.63) is 29.3 Å². The van der Waals surface area contributed by atoms with Crippen molar-refractivity contribution < 1.29 is 0 Å². The zero-order chi connectivity index (χ0) is 13.2. The van der Waals surface area contributed by atoms with Gasteiger partial charge in [0.1, 0.15) is 0 Å². The van der Waals surface area contributed by atoms with Gasteiger partial charge in [0.2, 0.25) is 0 Å². The van der Waals surface area contributed by atoms with Gasteiger partial charge in [0.05, 0.1) is 10.7 Å². The average Bonchev–Trinajstić information content (AvgIpc) is 2.39. The topological polar surface area (TPSA) is 32.5 Å². The van der Waals surface area contributed by atoms with E-state index in [0.29, 0.717) is 0 Å². The van der Waals surface area contributed by atoms with Gasteiger partial charge >= 0.3 is 0 Å². The number of piperidine rings is 1. The van der Waals surface area contributed by atoms with Crippen LogP contribution in [0.15, 0.2) is 24.3 Å². The summed E-state index contributed by atoms with van der Waals surface area (Å²) < 4.78 is 0. The number of nitrogens with two attached hydrogens (primary N) is 1. The van der Waals surface area contributed by atoms with E-state index in [1.165, 1.54) is 0 Å². The number of anilines is 1. The van der Waals surface area contributed by atoms with Crippen LogP contribution in [0.2, 0.25) is 5.02 Å². The second-order valence-electron chi connectivity index (χ2n) is 5.26. The van der Waals surface area contributed by atoms with Crippen molar-refractivity contribution in [1.29, 1.82) is 0 Å². The molecule has 1 aliphatic heterocycles. The summed E-state index contributed by atoms with van der Waals surface area (Å²) in [6, 6.07) is 8.05. The SMILES string of the molecule is CN(C)C1(CN)CCN(c2ccccc2Cl)CC1. The molecule has 1 aromatic rings. The maximum atomic E-state index is 6.25. The van der Waals surface area contributed by atoms with E-state index in [4.69, 9.17) is 17.3 Å². The van der Waals surface area contributed by atoms with Gasteiger partial charge in [0.25, 0.3) is 0 Å². The van der Waals surface area contributed by atoms with E-state index in [0.717, 1.165) is 43.2 Å². The van der Waals surface area contributed by atoms with Crippen molar-refractivity contribution in [2.24, 2.45) is 5.73 Å². The molecule has 0 radical (unpaired) electrons. The molecule has 4 heteroatoms. The molecule has 18 heavy (non-hydrogen) atoms. The lowest BCUT2D eigenvalue weighted by Crippen LogP contribution is -2.57. The van der Waals surface area contributed by atoms with Gasteiger partial charge in [-0.05, 0) is 39.1 Å². The van der Waals surface area contributed by atoms with Gasteiger partial charge in [0, 0.05) is 25.2 Å². The number of halogens is 1. The van der Waals surface area contributed by atoms with E-state index >= 15 is 0 Å². The minimum atomic E-state index is 0.151. The monoisotopic (exact) mass is 267 g/mol. The summed E-state index contributed by atoms with van der Waals surface area (Å²) in [5, 5.41) is 0.836. The third-order valence-corrected chi connectivity index (χ3v) is 4.54. The lowest BCUT2D eigenvalue weighted by atomic mass is 9.86. The smallest absolute Gasteiger partial charge is 0.0639 e. The summed E-state index contributed by atoms with van der Waals surface area (Å²) in [5.41, 5.74) is 7.26. The Morgan fingerprint density at radius 1 is 1.28 bits per heavy atom. The summed E-state index contributed by atoms with van der Waals surface area (Å²) in [7, 11) is 4.25. The number of likely N-dealkylation sites (N-methyl/N-ethyl adjacent to an activating group) is 1. The quantitative estimate of drug-likeness (QED) is 0.911. The molecule has 0 atom stereocenters. The zero-order valence-electron chi connectivity index (χ0n) is 11.2. The molecule has 0 aliphatic carbocycles. The molecule has 1 heterocycles. The first-order valence-electron chi connectivity index (χ1n) is 6.46. The molecule has 1 aliphatic rings. The molecule has 1 saturated heterocycles. The fourth-order valence-electron chi connectivity index (χ4n) is 2.71. The van der Waals surface area contributed by atoms with E-state index in [1.54, 1.807) is 0 Å². The van der Waals surface area contributed by atoms with Gasteiger partial charge in [-0.2, -0.15) is 0 Å². The predicted molar refractivity (Wildman–Crippen MR) is 78.4 cm³/mol. The molecular weight excluding hydrogens is 246 g/mol. The molecule has 0 aromatic heterocycles. The summed E-state index contributed by atoms with van der Waals surface area (Å²) in [6.07, 6.45) is 2.17. The Kier molecular flexibility index (Phi) is 4.15. The molecule has 0 spiro atoms. The third kappa shape index (κ3) is 2.48. The van der Waals surface area contributed by atoms with Crippen molar-refractivity contribution in [1.82, 2.24) is 4.90 Å². The Hall–Kier alpha value is -0.770. The van der Waals surface area contributed by atoms with E-state index in [-0.39, 0.29) is 5.54 Å². The van der Waals surface area contributed by atoms with Crippen LogP contribution in [-0.2, 0) is 0 Å². The normalized spacial score (nSPS) is 19.3.